The van der Waals surface area contributed by atoms with Gasteiger partial charge in [0.15, 0.2) is 0 Å². The van der Waals surface area contributed by atoms with Crippen molar-refractivity contribution in [3.63, 3.8) is 0 Å². The average Bonchev–Trinajstić information content (AvgIpc) is 2.54. The molecule has 3 nitrogen and oxygen atoms in total. The summed E-state index contributed by atoms with van der Waals surface area (Å²) >= 11 is 1.75. The summed E-state index contributed by atoms with van der Waals surface area (Å²) in [6, 6.07) is 0.256. The molecule has 4 heteroatoms. The van der Waals surface area contributed by atoms with E-state index in [1.807, 2.05) is 6.92 Å². The Hall–Kier alpha value is -0.450. The molecule has 1 atom stereocenters. The zero-order valence-electron chi connectivity index (χ0n) is 10.0. The van der Waals surface area contributed by atoms with Gasteiger partial charge in [0.05, 0.1) is 16.7 Å². The monoisotopic (exact) mass is 227 g/mol. The summed E-state index contributed by atoms with van der Waals surface area (Å²) in [4.78, 5) is 5.75. The van der Waals surface area contributed by atoms with Gasteiger partial charge in [-0.25, -0.2) is 4.98 Å². The van der Waals surface area contributed by atoms with Gasteiger partial charge in [-0.1, -0.05) is 26.7 Å². The molecule has 0 amide bonds. The lowest BCUT2D eigenvalue weighted by atomic mass is 9.93. The topological polar surface area (TPSA) is 50.9 Å². The summed E-state index contributed by atoms with van der Waals surface area (Å²) in [6.07, 6.45) is 2.28. The summed E-state index contributed by atoms with van der Waals surface area (Å²) in [7, 11) is 0. The second-order valence-corrected chi connectivity index (χ2v) is 5.14. The van der Waals surface area contributed by atoms with E-state index in [4.69, 9.17) is 5.84 Å². The zero-order valence-corrected chi connectivity index (χ0v) is 10.8. The third kappa shape index (κ3) is 2.77. The number of aromatic nitrogens is 1. The first-order valence-corrected chi connectivity index (χ1v) is 6.35. The van der Waals surface area contributed by atoms with Crippen molar-refractivity contribution < 1.29 is 0 Å². The molecule has 1 unspecified atom stereocenters. The third-order valence-electron chi connectivity index (χ3n) is 2.92. The van der Waals surface area contributed by atoms with E-state index in [1.165, 1.54) is 4.88 Å². The number of nitrogens with zero attached hydrogens (tertiary/aromatic N) is 1. The Morgan fingerprint density at radius 3 is 2.27 bits per heavy atom. The summed E-state index contributed by atoms with van der Waals surface area (Å²) in [5.41, 5.74) is 4.06. The predicted octanol–water partition coefficient (Wildman–Crippen LogP) is 2.70. The molecule has 0 saturated carbocycles. The molecule has 0 aliphatic carbocycles. The van der Waals surface area contributed by atoms with Crippen LogP contribution in [0.3, 0.4) is 0 Å². The van der Waals surface area contributed by atoms with Crippen molar-refractivity contribution in [1.82, 2.24) is 10.4 Å². The van der Waals surface area contributed by atoms with Gasteiger partial charge in [-0.15, -0.1) is 11.3 Å². The summed E-state index contributed by atoms with van der Waals surface area (Å²) < 4.78 is 0. The Labute approximate surface area is 96.1 Å². The first-order valence-electron chi connectivity index (χ1n) is 5.54. The highest BCUT2D eigenvalue weighted by molar-refractivity contribution is 7.11. The van der Waals surface area contributed by atoms with Crippen LogP contribution in [0.15, 0.2) is 0 Å². The minimum atomic E-state index is 0.256. The van der Waals surface area contributed by atoms with Gasteiger partial charge in [0.2, 0.25) is 0 Å². The first-order chi connectivity index (χ1) is 7.13. The van der Waals surface area contributed by atoms with Gasteiger partial charge >= 0.3 is 0 Å². The fourth-order valence-corrected chi connectivity index (χ4v) is 3.10. The second kappa shape index (κ2) is 5.58. The highest BCUT2D eigenvalue weighted by Crippen LogP contribution is 2.32. The van der Waals surface area contributed by atoms with Crippen LogP contribution in [-0.2, 0) is 0 Å². The van der Waals surface area contributed by atoms with Gasteiger partial charge < -0.3 is 0 Å². The molecule has 0 fully saturated rings. The van der Waals surface area contributed by atoms with Crippen LogP contribution < -0.4 is 11.3 Å². The third-order valence-corrected chi connectivity index (χ3v) is 4.08. The molecule has 3 N–H and O–H groups in total. The van der Waals surface area contributed by atoms with E-state index in [0.717, 1.165) is 23.5 Å². The van der Waals surface area contributed by atoms with Crippen molar-refractivity contribution in [3.05, 3.63) is 15.6 Å². The lowest BCUT2D eigenvalue weighted by Gasteiger charge is -2.23. The van der Waals surface area contributed by atoms with E-state index in [-0.39, 0.29) is 6.04 Å². The van der Waals surface area contributed by atoms with Crippen LogP contribution in [0.25, 0.3) is 0 Å². The fourth-order valence-electron chi connectivity index (χ4n) is 2.02. The van der Waals surface area contributed by atoms with Gasteiger partial charge in [-0.05, 0) is 19.8 Å². The standard InChI is InChI=1S/C11H21N3S/c1-5-9(6-2)10(14-12)11-7(3)13-8(4)15-11/h9-10,14H,5-6,12H2,1-4H3. The fraction of sp³-hybridized carbons (Fsp3) is 0.727. The summed E-state index contributed by atoms with van der Waals surface area (Å²) in [5, 5.41) is 1.12. The van der Waals surface area contributed by atoms with Gasteiger partial charge in [0.25, 0.3) is 0 Å². The van der Waals surface area contributed by atoms with Crippen LogP contribution >= 0.6 is 11.3 Å². The zero-order chi connectivity index (χ0) is 11.4. The number of hydrazine groups is 1. The van der Waals surface area contributed by atoms with Crippen molar-refractivity contribution in [1.29, 1.82) is 0 Å². The van der Waals surface area contributed by atoms with E-state index < -0.39 is 0 Å². The number of aryl methyl sites for hydroxylation is 2. The Morgan fingerprint density at radius 1 is 1.33 bits per heavy atom. The number of hydrogen-bond donors (Lipinski definition) is 2. The molecule has 1 heterocycles. The van der Waals surface area contributed by atoms with Gasteiger partial charge in [0, 0.05) is 4.88 Å². The van der Waals surface area contributed by atoms with Crippen LogP contribution in [0.4, 0.5) is 0 Å². The molecule has 15 heavy (non-hydrogen) atoms. The molecule has 0 saturated heterocycles. The van der Waals surface area contributed by atoms with Gasteiger partial charge in [-0.2, -0.15) is 0 Å². The highest BCUT2D eigenvalue weighted by Gasteiger charge is 2.23. The van der Waals surface area contributed by atoms with E-state index >= 15 is 0 Å². The van der Waals surface area contributed by atoms with Crippen molar-refractivity contribution in [2.24, 2.45) is 11.8 Å². The Balaban J connectivity index is 2.95. The minimum absolute atomic E-state index is 0.256. The number of hydrogen-bond acceptors (Lipinski definition) is 4. The van der Waals surface area contributed by atoms with Crippen molar-refractivity contribution in [2.45, 2.75) is 46.6 Å². The van der Waals surface area contributed by atoms with E-state index in [0.29, 0.717) is 5.92 Å². The van der Waals surface area contributed by atoms with Crippen LogP contribution in [0.2, 0.25) is 0 Å². The maximum absolute atomic E-state index is 5.66. The predicted molar refractivity (Wildman–Crippen MR) is 65.7 cm³/mol. The summed E-state index contributed by atoms with van der Waals surface area (Å²) in [5.74, 6) is 6.26. The summed E-state index contributed by atoms with van der Waals surface area (Å²) in [6.45, 7) is 8.52. The lowest BCUT2D eigenvalue weighted by molar-refractivity contribution is 0.348. The number of thiazole rings is 1. The lowest BCUT2D eigenvalue weighted by Crippen LogP contribution is -2.33. The molecular weight excluding hydrogens is 206 g/mol. The van der Waals surface area contributed by atoms with Crippen LogP contribution in [0.1, 0.15) is 48.3 Å². The van der Waals surface area contributed by atoms with Crippen molar-refractivity contribution in [2.75, 3.05) is 0 Å². The molecule has 1 aromatic heterocycles. The number of rotatable bonds is 5. The number of nitrogens with two attached hydrogens (primary N) is 1. The van der Waals surface area contributed by atoms with Crippen LogP contribution in [0.5, 0.6) is 0 Å². The molecule has 0 spiro atoms. The number of nitrogens with one attached hydrogen (secondary N) is 1. The van der Waals surface area contributed by atoms with Gasteiger partial charge in [0.1, 0.15) is 0 Å². The second-order valence-electron chi connectivity index (χ2n) is 3.90. The molecule has 1 rings (SSSR count). The molecule has 0 bridgehead atoms. The van der Waals surface area contributed by atoms with E-state index in [1.54, 1.807) is 11.3 Å². The van der Waals surface area contributed by atoms with Crippen molar-refractivity contribution in [3.8, 4) is 0 Å². The maximum Gasteiger partial charge on any atom is 0.0900 e. The molecule has 0 aromatic carbocycles. The van der Waals surface area contributed by atoms with E-state index in [9.17, 15) is 0 Å². The van der Waals surface area contributed by atoms with E-state index in [2.05, 4.69) is 31.2 Å². The molecule has 86 valence electrons. The Bertz CT molecular complexity index is 305. The Morgan fingerprint density at radius 2 is 1.93 bits per heavy atom. The molecular formula is C11H21N3S. The Kier molecular flexibility index (Phi) is 4.70. The molecule has 0 aliphatic heterocycles. The van der Waals surface area contributed by atoms with Crippen LogP contribution in [-0.4, -0.2) is 4.98 Å². The van der Waals surface area contributed by atoms with Gasteiger partial charge in [-0.3, -0.25) is 11.3 Å². The average molecular weight is 227 g/mol. The van der Waals surface area contributed by atoms with Crippen LogP contribution in [0, 0.1) is 19.8 Å². The van der Waals surface area contributed by atoms with Crippen molar-refractivity contribution >= 4 is 11.3 Å². The molecule has 1 aromatic rings. The smallest absolute Gasteiger partial charge is 0.0900 e. The minimum Gasteiger partial charge on any atom is -0.271 e. The molecule has 0 radical (unpaired) electrons. The SMILES string of the molecule is CCC(CC)C(NN)c1sc(C)nc1C. The first kappa shape index (κ1) is 12.6. The maximum atomic E-state index is 5.66. The normalized spacial score (nSPS) is 13.5. The molecule has 0 aliphatic rings. The largest absolute Gasteiger partial charge is 0.271 e. The highest BCUT2D eigenvalue weighted by atomic mass is 32.1. The quantitative estimate of drug-likeness (QED) is 0.600.